The van der Waals surface area contributed by atoms with Crippen molar-refractivity contribution in [2.75, 3.05) is 0 Å². The molecule has 1 aliphatic carbocycles. The summed E-state index contributed by atoms with van der Waals surface area (Å²) in [5.74, 6) is 0.0252. The molecule has 1 aliphatic rings. The van der Waals surface area contributed by atoms with Crippen LogP contribution in [0, 0.1) is 0 Å². The van der Waals surface area contributed by atoms with Crippen LogP contribution in [0.3, 0.4) is 0 Å². The van der Waals surface area contributed by atoms with Gasteiger partial charge in [-0.3, -0.25) is 0 Å². The quantitative estimate of drug-likeness (QED) is 0.499. The molecule has 0 heterocycles. The number of hydrogen-bond donors (Lipinski definition) is 0. The summed E-state index contributed by atoms with van der Waals surface area (Å²) in [5, 5.41) is 0. The van der Waals surface area contributed by atoms with E-state index in [1.54, 1.807) is 0 Å². The Kier molecular flexibility index (Phi) is 23.0. The Labute approximate surface area is 115 Å². The van der Waals surface area contributed by atoms with E-state index in [9.17, 15) is 4.39 Å². The summed E-state index contributed by atoms with van der Waals surface area (Å²) in [4.78, 5) is 0. The van der Waals surface area contributed by atoms with Gasteiger partial charge in [0.2, 0.25) is 0 Å². The average molecular weight is 256 g/mol. The van der Waals surface area contributed by atoms with Crippen LogP contribution in [0.15, 0.2) is 35.2 Å². The third kappa shape index (κ3) is 10.3. The third-order valence-electron chi connectivity index (χ3n) is 2.13. The van der Waals surface area contributed by atoms with Crippen LogP contribution < -0.4 is 0 Å². The molecule has 0 fully saturated rings. The van der Waals surface area contributed by atoms with E-state index in [4.69, 9.17) is 0 Å². The molecule has 1 rings (SSSR count). The van der Waals surface area contributed by atoms with Gasteiger partial charge in [-0.25, -0.2) is 4.39 Å². The zero-order valence-corrected chi connectivity index (χ0v) is 13.7. The minimum Gasteiger partial charge on any atom is -0.211 e. The average Bonchev–Trinajstić information content (AvgIpc) is 2.66. The van der Waals surface area contributed by atoms with Crippen LogP contribution in [-0.2, 0) is 0 Å². The maximum Gasteiger partial charge on any atom is 0.107 e. The highest BCUT2D eigenvalue weighted by Crippen LogP contribution is 2.22. The summed E-state index contributed by atoms with van der Waals surface area (Å²) in [5.41, 5.74) is 2.08. The van der Waals surface area contributed by atoms with Crippen molar-refractivity contribution >= 4 is 0 Å². The summed E-state index contributed by atoms with van der Waals surface area (Å²) in [6.07, 6.45) is 8.11. The van der Waals surface area contributed by atoms with Crippen molar-refractivity contribution < 1.29 is 4.39 Å². The Morgan fingerprint density at radius 1 is 0.944 bits per heavy atom. The molecule has 0 spiro atoms. The van der Waals surface area contributed by atoms with Crippen molar-refractivity contribution in [3.63, 3.8) is 0 Å². The van der Waals surface area contributed by atoms with Crippen LogP contribution >= 0.6 is 0 Å². The van der Waals surface area contributed by atoms with Crippen LogP contribution in [0.2, 0.25) is 0 Å². The van der Waals surface area contributed by atoms with Gasteiger partial charge in [0.25, 0.3) is 0 Å². The Hall–Kier alpha value is -0.850. The zero-order chi connectivity index (χ0) is 15.0. The summed E-state index contributed by atoms with van der Waals surface area (Å²) in [6, 6.07) is 0. The molecule has 0 nitrogen and oxygen atoms in total. The molecule has 0 bridgehead atoms. The molecule has 0 aromatic carbocycles. The highest BCUT2D eigenvalue weighted by molar-refractivity contribution is 5.35. The van der Waals surface area contributed by atoms with Gasteiger partial charge in [0.1, 0.15) is 5.83 Å². The van der Waals surface area contributed by atoms with Gasteiger partial charge in [-0.2, -0.15) is 0 Å². The second-order valence-corrected chi connectivity index (χ2v) is 2.96. The normalized spacial score (nSPS) is 12.8. The molecule has 18 heavy (non-hydrogen) atoms. The Balaban J connectivity index is -0.000000328. The van der Waals surface area contributed by atoms with Gasteiger partial charge in [-0.15, -0.1) is 0 Å². The van der Waals surface area contributed by atoms with Crippen molar-refractivity contribution in [2.45, 2.75) is 74.7 Å². The Bertz CT molecular complexity index is 244. The molecule has 0 saturated carbocycles. The van der Waals surface area contributed by atoms with Crippen molar-refractivity contribution in [1.82, 2.24) is 0 Å². The van der Waals surface area contributed by atoms with Crippen molar-refractivity contribution in [3.8, 4) is 0 Å². The first-order valence-electron chi connectivity index (χ1n) is 7.52. The van der Waals surface area contributed by atoms with Gasteiger partial charge >= 0.3 is 0 Å². The molecule has 0 aliphatic heterocycles. The molecule has 0 radical (unpaired) electrons. The van der Waals surface area contributed by atoms with E-state index >= 15 is 0 Å². The first-order valence-corrected chi connectivity index (χ1v) is 7.52. The molecule has 0 atom stereocenters. The third-order valence-corrected chi connectivity index (χ3v) is 2.13. The fourth-order valence-corrected chi connectivity index (χ4v) is 1.31. The highest BCUT2D eigenvalue weighted by atomic mass is 19.1. The highest BCUT2D eigenvalue weighted by Gasteiger charge is 2.04. The Morgan fingerprint density at radius 2 is 1.44 bits per heavy atom. The second-order valence-electron chi connectivity index (χ2n) is 2.96. The van der Waals surface area contributed by atoms with Gasteiger partial charge in [-0.05, 0) is 24.0 Å². The van der Waals surface area contributed by atoms with Gasteiger partial charge in [0, 0.05) is 6.42 Å². The first-order chi connectivity index (χ1) is 8.77. The maximum atomic E-state index is 13.2. The number of allylic oxidation sites excluding steroid dienone is 6. The molecule has 0 aromatic heterocycles. The van der Waals surface area contributed by atoms with Crippen molar-refractivity contribution in [3.05, 3.63) is 35.2 Å². The number of hydrogen-bond acceptors (Lipinski definition) is 0. The molecule has 0 aromatic rings. The molecule has 1 heteroatoms. The molecule has 0 unspecified atom stereocenters. The van der Waals surface area contributed by atoms with E-state index in [0.717, 1.165) is 18.4 Å². The lowest BCUT2D eigenvalue weighted by Gasteiger charge is -1.99. The van der Waals surface area contributed by atoms with E-state index in [1.165, 1.54) is 5.57 Å². The van der Waals surface area contributed by atoms with Gasteiger partial charge in [0.15, 0.2) is 0 Å². The van der Waals surface area contributed by atoms with Crippen LogP contribution in [0.25, 0.3) is 0 Å². The standard InChI is InChI=1S/C11H15F.3C2H6/c1-3-9-6-5-7-11(12)10(4-2)8-9;3*1-2/h5-6,8H,3-4,7H2,1-2H3;3*1-2H3. The predicted molar refractivity (Wildman–Crippen MR) is 84.6 cm³/mol. The monoisotopic (exact) mass is 256 g/mol. The largest absolute Gasteiger partial charge is 0.211 e. The fraction of sp³-hybridized carbons (Fsp3) is 0.647. The maximum absolute atomic E-state index is 13.2. The Morgan fingerprint density at radius 3 is 1.83 bits per heavy atom. The summed E-state index contributed by atoms with van der Waals surface area (Å²) < 4.78 is 13.2. The van der Waals surface area contributed by atoms with Gasteiger partial charge < -0.3 is 0 Å². The molecule has 108 valence electrons. The topological polar surface area (TPSA) is 0 Å². The lowest BCUT2D eigenvalue weighted by atomic mass is 10.1. The summed E-state index contributed by atoms with van der Waals surface area (Å²) in [6.45, 7) is 16.1. The van der Waals surface area contributed by atoms with Gasteiger partial charge in [-0.1, -0.05) is 73.6 Å². The lowest BCUT2D eigenvalue weighted by molar-refractivity contribution is 0.605. The molecule has 0 saturated heterocycles. The van der Waals surface area contributed by atoms with Gasteiger partial charge in [0.05, 0.1) is 0 Å². The minimum absolute atomic E-state index is 0.0252. The SMILES string of the molecule is CC.CC.CC.CCC1=CC(CC)=C(F)CC=C1. The smallest absolute Gasteiger partial charge is 0.107 e. The summed E-state index contributed by atoms with van der Waals surface area (Å²) >= 11 is 0. The van der Waals surface area contributed by atoms with E-state index in [0.29, 0.717) is 6.42 Å². The van der Waals surface area contributed by atoms with E-state index in [-0.39, 0.29) is 5.83 Å². The molecular formula is C17H33F. The number of rotatable bonds is 2. The van der Waals surface area contributed by atoms with E-state index in [2.05, 4.69) is 6.92 Å². The van der Waals surface area contributed by atoms with E-state index < -0.39 is 0 Å². The first kappa shape index (κ1) is 22.3. The lowest BCUT2D eigenvalue weighted by Crippen LogP contribution is -1.81. The number of halogens is 1. The molecule has 0 amide bonds. The van der Waals surface area contributed by atoms with Crippen LogP contribution in [0.4, 0.5) is 4.39 Å². The molecule has 0 N–H and O–H groups in total. The minimum atomic E-state index is 0.0252. The second kappa shape index (κ2) is 18.5. The van der Waals surface area contributed by atoms with E-state index in [1.807, 2.05) is 66.7 Å². The summed E-state index contributed by atoms with van der Waals surface area (Å²) in [7, 11) is 0. The van der Waals surface area contributed by atoms with Crippen LogP contribution in [-0.4, -0.2) is 0 Å². The fourth-order valence-electron chi connectivity index (χ4n) is 1.31. The predicted octanol–water partition coefficient (Wildman–Crippen LogP) is 6.99. The van der Waals surface area contributed by atoms with Crippen molar-refractivity contribution in [2.24, 2.45) is 0 Å². The zero-order valence-electron chi connectivity index (χ0n) is 13.7. The van der Waals surface area contributed by atoms with Crippen LogP contribution in [0.1, 0.15) is 74.7 Å². The van der Waals surface area contributed by atoms with Crippen LogP contribution in [0.5, 0.6) is 0 Å². The van der Waals surface area contributed by atoms with Crippen molar-refractivity contribution in [1.29, 1.82) is 0 Å². The molecular weight excluding hydrogens is 223 g/mol.